The van der Waals surface area contributed by atoms with Gasteiger partial charge in [0, 0.05) is 25.4 Å². The zero-order chi connectivity index (χ0) is 9.19. The number of imidazole rings is 1. The van der Waals surface area contributed by atoms with Crippen molar-refractivity contribution < 1.29 is 8.78 Å². The van der Waals surface area contributed by atoms with Gasteiger partial charge < -0.3 is 4.57 Å². The molecule has 0 atom stereocenters. The maximum absolute atomic E-state index is 12.4. The van der Waals surface area contributed by atoms with E-state index in [1.165, 1.54) is 0 Å². The molecule has 0 fully saturated rings. The van der Waals surface area contributed by atoms with E-state index in [0.717, 1.165) is 12.7 Å². The Balaban J connectivity index is 2.49. The molecule has 0 saturated carbocycles. The van der Waals surface area contributed by atoms with Crippen molar-refractivity contribution in [1.82, 2.24) is 9.55 Å². The van der Waals surface area contributed by atoms with E-state index in [-0.39, 0.29) is 6.42 Å². The molecule has 1 aromatic rings. The van der Waals surface area contributed by atoms with Gasteiger partial charge in [-0.3, -0.25) is 0 Å². The quantitative estimate of drug-likeness (QED) is 0.687. The first kappa shape index (κ1) is 9.16. The van der Waals surface area contributed by atoms with Crippen molar-refractivity contribution in [1.29, 1.82) is 0 Å². The average Bonchev–Trinajstić information content (AvgIpc) is 2.29. The third-order valence-electron chi connectivity index (χ3n) is 1.72. The Morgan fingerprint density at radius 3 is 2.67 bits per heavy atom. The molecule has 0 aliphatic carbocycles. The van der Waals surface area contributed by atoms with Gasteiger partial charge >= 0.3 is 0 Å². The molecule has 0 aliphatic heterocycles. The maximum Gasteiger partial charge on any atom is 0.247 e. The van der Waals surface area contributed by atoms with Crippen LogP contribution in [-0.4, -0.2) is 15.5 Å². The van der Waals surface area contributed by atoms with Crippen LogP contribution in [0.25, 0.3) is 0 Å². The molecule has 2 nitrogen and oxygen atoms in total. The van der Waals surface area contributed by atoms with Crippen LogP contribution in [-0.2, 0) is 6.54 Å². The van der Waals surface area contributed by atoms with Crippen molar-refractivity contribution in [2.45, 2.75) is 32.7 Å². The topological polar surface area (TPSA) is 17.8 Å². The van der Waals surface area contributed by atoms with Crippen LogP contribution in [0.3, 0.4) is 0 Å². The Morgan fingerprint density at radius 2 is 2.25 bits per heavy atom. The molecular formula is C8H12F2N2. The second kappa shape index (κ2) is 3.21. The first-order chi connectivity index (χ1) is 5.49. The summed E-state index contributed by atoms with van der Waals surface area (Å²) in [4.78, 5) is 3.94. The summed E-state index contributed by atoms with van der Waals surface area (Å²) in [5.41, 5.74) is 0. The lowest BCUT2D eigenvalue weighted by atomic mass is 10.3. The zero-order valence-electron chi connectivity index (χ0n) is 7.22. The van der Waals surface area contributed by atoms with Gasteiger partial charge in [-0.25, -0.2) is 13.8 Å². The molecule has 0 radical (unpaired) electrons. The molecule has 0 aromatic carbocycles. The fourth-order valence-corrected chi connectivity index (χ4v) is 0.957. The van der Waals surface area contributed by atoms with Gasteiger partial charge in [-0.05, 0) is 13.8 Å². The molecule has 1 rings (SSSR count). The summed E-state index contributed by atoms with van der Waals surface area (Å²) in [5, 5.41) is 0. The van der Waals surface area contributed by atoms with Crippen LogP contribution in [0.15, 0.2) is 12.4 Å². The van der Waals surface area contributed by atoms with E-state index in [9.17, 15) is 8.78 Å². The summed E-state index contributed by atoms with van der Waals surface area (Å²) in [6.45, 7) is 3.06. The molecule has 0 N–H and O–H groups in total. The van der Waals surface area contributed by atoms with E-state index in [2.05, 4.69) is 4.98 Å². The number of aromatic nitrogens is 2. The van der Waals surface area contributed by atoms with Crippen LogP contribution >= 0.6 is 0 Å². The van der Waals surface area contributed by atoms with Crippen molar-refractivity contribution in [3.63, 3.8) is 0 Å². The molecule has 1 heterocycles. The Bertz CT molecular complexity index is 250. The smallest absolute Gasteiger partial charge is 0.247 e. The lowest BCUT2D eigenvalue weighted by Gasteiger charge is -2.10. The first-order valence-corrected chi connectivity index (χ1v) is 3.84. The van der Waals surface area contributed by atoms with Gasteiger partial charge in [-0.15, -0.1) is 0 Å². The van der Waals surface area contributed by atoms with Crippen LogP contribution in [0.5, 0.6) is 0 Å². The van der Waals surface area contributed by atoms with Crippen molar-refractivity contribution >= 4 is 0 Å². The van der Waals surface area contributed by atoms with E-state index in [1.807, 2.05) is 0 Å². The minimum Gasteiger partial charge on any atom is -0.335 e. The molecule has 0 spiro atoms. The van der Waals surface area contributed by atoms with Crippen molar-refractivity contribution in [3.8, 4) is 0 Å². The highest BCUT2D eigenvalue weighted by atomic mass is 19.3. The van der Waals surface area contributed by atoms with Crippen molar-refractivity contribution in [3.05, 3.63) is 18.2 Å². The highest BCUT2D eigenvalue weighted by Crippen LogP contribution is 2.17. The Morgan fingerprint density at radius 1 is 1.58 bits per heavy atom. The number of alkyl halides is 2. The van der Waals surface area contributed by atoms with Crippen LogP contribution in [0.4, 0.5) is 8.78 Å². The van der Waals surface area contributed by atoms with Crippen molar-refractivity contribution in [2.24, 2.45) is 0 Å². The van der Waals surface area contributed by atoms with Crippen LogP contribution in [0.1, 0.15) is 19.2 Å². The lowest BCUT2D eigenvalue weighted by Crippen LogP contribution is -2.14. The van der Waals surface area contributed by atoms with Gasteiger partial charge in [-0.2, -0.15) is 0 Å². The number of hydrogen-bond donors (Lipinski definition) is 0. The van der Waals surface area contributed by atoms with Crippen LogP contribution < -0.4 is 0 Å². The van der Waals surface area contributed by atoms with Gasteiger partial charge in [0.1, 0.15) is 5.82 Å². The van der Waals surface area contributed by atoms with Gasteiger partial charge in [0.2, 0.25) is 5.92 Å². The monoisotopic (exact) mass is 174 g/mol. The third-order valence-corrected chi connectivity index (χ3v) is 1.72. The molecular weight excluding hydrogens is 162 g/mol. The molecule has 68 valence electrons. The predicted molar refractivity (Wildman–Crippen MR) is 42.2 cm³/mol. The first-order valence-electron chi connectivity index (χ1n) is 3.84. The summed E-state index contributed by atoms with van der Waals surface area (Å²) < 4.78 is 26.5. The van der Waals surface area contributed by atoms with Crippen LogP contribution in [0.2, 0.25) is 0 Å². The van der Waals surface area contributed by atoms with Gasteiger partial charge in [0.15, 0.2) is 0 Å². The lowest BCUT2D eigenvalue weighted by molar-refractivity contribution is 0.00857. The summed E-state index contributed by atoms with van der Waals surface area (Å²) in [6, 6.07) is 0. The van der Waals surface area contributed by atoms with E-state index < -0.39 is 5.92 Å². The predicted octanol–water partition coefficient (Wildman–Crippen LogP) is 2.24. The molecule has 12 heavy (non-hydrogen) atoms. The molecule has 1 aromatic heterocycles. The number of hydrogen-bond acceptors (Lipinski definition) is 1. The minimum atomic E-state index is -2.59. The zero-order valence-corrected chi connectivity index (χ0v) is 7.22. The summed E-state index contributed by atoms with van der Waals surface area (Å²) in [6.07, 6.45) is 3.19. The SMILES string of the molecule is Cc1nccn1CCC(C)(F)F. The minimum absolute atomic E-state index is 0.135. The van der Waals surface area contributed by atoms with Crippen LogP contribution in [0, 0.1) is 6.92 Å². The van der Waals surface area contributed by atoms with E-state index >= 15 is 0 Å². The van der Waals surface area contributed by atoms with E-state index in [0.29, 0.717) is 6.54 Å². The second-order valence-corrected chi connectivity index (χ2v) is 2.99. The summed E-state index contributed by atoms with van der Waals surface area (Å²) in [7, 11) is 0. The molecule has 0 bridgehead atoms. The molecule has 4 heteroatoms. The standard InChI is InChI=1S/C8H12F2N2/c1-7-11-4-6-12(7)5-3-8(2,9)10/h4,6H,3,5H2,1-2H3. The number of nitrogens with zero attached hydrogens (tertiary/aromatic N) is 2. The van der Waals surface area contributed by atoms with Crippen molar-refractivity contribution in [2.75, 3.05) is 0 Å². The highest BCUT2D eigenvalue weighted by molar-refractivity contribution is 4.88. The highest BCUT2D eigenvalue weighted by Gasteiger charge is 2.20. The van der Waals surface area contributed by atoms with Gasteiger partial charge in [-0.1, -0.05) is 0 Å². The summed E-state index contributed by atoms with van der Waals surface area (Å²) >= 11 is 0. The van der Waals surface area contributed by atoms with E-state index in [1.54, 1.807) is 23.9 Å². The van der Waals surface area contributed by atoms with Gasteiger partial charge in [0.25, 0.3) is 0 Å². The fraction of sp³-hybridized carbons (Fsp3) is 0.625. The maximum atomic E-state index is 12.4. The average molecular weight is 174 g/mol. The molecule has 0 saturated heterocycles. The Kier molecular flexibility index (Phi) is 2.45. The molecule has 0 unspecified atom stereocenters. The number of halogens is 2. The Labute approximate surface area is 70.2 Å². The second-order valence-electron chi connectivity index (χ2n) is 2.99. The van der Waals surface area contributed by atoms with Gasteiger partial charge in [0.05, 0.1) is 0 Å². The number of rotatable bonds is 3. The Hall–Kier alpha value is -0.930. The van der Waals surface area contributed by atoms with E-state index in [4.69, 9.17) is 0 Å². The fourth-order valence-electron chi connectivity index (χ4n) is 0.957. The molecule has 0 aliphatic rings. The molecule has 0 amide bonds. The normalized spacial score (nSPS) is 12.0. The summed E-state index contributed by atoms with van der Waals surface area (Å²) in [5.74, 6) is -1.81. The number of aryl methyl sites for hydroxylation is 2. The largest absolute Gasteiger partial charge is 0.335 e. The third kappa shape index (κ3) is 2.60.